The molecule has 0 aliphatic heterocycles. The van der Waals surface area contributed by atoms with Crippen molar-refractivity contribution < 1.29 is 9.59 Å². The van der Waals surface area contributed by atoms with E-state index in [9.17, 15) is 9.59 Å². The molecule has 0 saturated carbocycles. The predicted molar refractivity (Wildman–Crippen MR) is 58.3 cm³/mol. The SMILES string of the molecule is CNC(=O)CNC(=O)c1cncc(Br)c1. The molecular formula is C9H10BrN3O2. The molecule has 0 atom stereocenters. The van der Waals surface area contributed by atoms with Crippen molar-refractivity contribution in [3.63, 3.8) is 0 Å². The van der Waals surface area contributed by atoms with Crippen LogP contribution in [0.1, 0.15) is 10.4 Å². The number of pyridine rings is 1. The Balaban J connectivity index is 2.58. The Bertz CT molecular complexity index is 381. The van der Waals surface area contributed by atoms with Gasteiger partial charge in [0.25, 0.3) is 5.91 Å². The first-order chi connectivity index (χ1) is 7.13. The van der Waals surface area contributed by atoms with Crippen LogP contribution in [0.25, 0.3) is 0 Å². The number of likely N-dealkylation sites (N-methyl/N-ethyl adjacent to an activating group) is 1. The van der Waals surface area contributed by atoms with Gasteiger partial charge in [-0.1, -0.05) is 0 Å². The van der Waals surface area contributed by atoms with Gasteiger partial charge in [0.15, 0.2) is 0 Å². The van der Waals surface area contributed by atoms with Crippen LogP contribution >= 0.6 is 15.9 Å². The van der Waals surface area contributed by atoms with Crippen molar-refractivity contribution in [3.8, 4) is 0 Å². The molecule has 1 rings (SSSR count). The van der Waals surface area contributed by atoms with Gasteiger partial charge in [-0.25, -0.2) is 0 Å². The summed E-state index contributed by atoms with van der Waals surface area (Å²) in [6.07, 6.45) is 3.01. The fourth-order valence-electron chi connectivity index (χ4n) is 0.887. The van der Waals surface area contributed by atoms with E-state index >= 15 is 0 Å². The van der Waals surface area contributed by atoms with Crippen LogP contribution in [-0.4, -0.2) is 30.4 Å². The largest absolute Gasteiger partial charge is 0.358 e. The summed E-state index contributed by atoms with van der Waals surface area (Å²) in [5.41, 5.74) is 0.410. The fraction of sp³-hybridized carbons (Fsp3) is 0.222. The zero-order chi connectivity index (χ0) is 11.3. The highest BCUT2D eigenvalue weighted by Gasteiger charge is 2.07. The Morgan fingerprint density at radius 3 is 2.80 bits per heavy atom. The molecule has 0 radical (unpaired) electrons. The molecule has 80 valence electrons. The van der Waals surface area contributed by atoms with Crippen molar-refractivity contribution in [3.05, 3.63) is 28.5 Å². The molecule has 1 aromatic heterocycles. The number of hydrogen-bond donors (Lipinski definition) is 2. The summed E-state index contributed by atoms with van der Waals surface area (Å²) in [6, 6.07) is 1.63. The first kappa shape index (κ1) is 11.6. The highest BCUT2D eigenvalue weighted by molar-refractivity contribution is 9.10. The second-order valence-electron chi connectivity index (χ2n) is 2.75. The smallest absolute Gasteiger partial charge is 0.253 e. The summed E-state index contributed by atoms with van der Waals surface area (Å²) in [7, 11) is 1.51. The van der Waals surface area contributed by atoms with E-state index in [1.165, 1.54) is 13.2 Å². The van der Waals surface area contributed by atoms with Gasteiger partial charge in [-0.15, -0.1) is 0 Å². The number of rotatable bonds is 3. The van der Waals surface area contributed by atoms with E-state index in [-0.39, 0.29) is 18.4 Å². The second-order valence-corrected chi connectivity index (χ2v) is 3.66. The zero-order valence-electron chi connectivity index (χ0n) is 8.08. The highest BCUT2D eigenvalue weighted by atomic mass is 79.9. The van der Waals surface area contributed by atoms with E-state index in [4.69, 9.17) is 0 Å². The van der Waals surface area contributed by atoms with Gasteiger partial charge in [0, 0.05) is 23.9 Å². The molecule has 0 spiro atoms. The van der Waals surface area contributed by atoms with Gasteiger partial charge in [-0.3, -0.25) is 14.6 Å². The number of nitrogens with zero attached hydrogens (tertiary/aromatic N) is 1. The van der Waals surface area contributed by atoms with E-state index < -0.39 is 0 Å². The van der Waals surface area contributed by atoms with Crippen molar-refractivity contribution in [2.75, 3.05) is 13.6 Å². The van der Waals surface area contributed by atoms with Crippen LogP contribution in [0.15, 0.2) is 22.9 Å². The van der Waals surface area contributed by atoms with Crippen LogP contribution in [0.3, 0.4) is 0 Å². The molecule has 2 amide bonds. The maximum Gasteiger partial charge on any atom is 0.253 e. The average molecular weight is 272 g/mol. The minimum Gasteiger partial charge on any atom is -0.358 e. The number of nitrogens with one attached hydrogen (secondary N) is 2. The zero-order valence-corrected chi connectivity index (χ0v) is 9.67. The molecule has 0 aliphatic carbocycles. The third-order valence-corrected chi connectivity index (χ3v) is 2.09. The van der Waals surface area contributed by atoms with Crippen molar-refractivity contribution in [2.24, 2.45) is 0 Å². The number of carbonyl (C=O) groups excluding carboxylic acids is 2. The molecule has 15 heavy (non-hydrogen) atoms. The van der Waals surface area contributed by atoms with Crippen LogP contribution in [0.4, 0.5) is 0 Å². The molecular weight excluding hydrogens is 262 g/mol. The van der Waals surface area contributed by atoms with Gasteiger partial charge in [0.2, 0.25) is 5.91 Å². The van der Waals surface area contributed by atoms with Crippen molar-refractivity contribution in [1.29, 1.82) is 0 Å². The van der Waals surface area contributed by atoms with E-state index in [1.807, 2.05) is 0 Å². The van der Waals surface area contributed by atoms with Gasteiger partial charge in [0.05, 0.1) is 12.1 Å². The van der Waals surface area contributed by atoms with E-state index in [2.05, 4.69) is 31.5 Å². The van der Waals surface area contributed by atoms with Gasteiger partial charge < -0.3 is 10.6 Å². The van der Waals surface area contributed by atoms with Crippen molar-refractivity contribution in [2.45, 2.75) is 0 Å². The Hall–Kier alpha value is -1.43. The maximum atomic E-state index is 11.5. The van der Waals surface area contributed by atoms with Gasteiger partial charge in [-0.05, 0) is 22.0 Å². The molecule has 1 aromatic rings. The number of carbonyl (C=O) groups is 2. The number of halogens is 1. The van der Waals surface area contributed by atoms with Crippen LogP contribution in [0.5, 0.6) is 0 Å². The molecule has 0 unspecified atom stereocenters. The minimum atomic E-state index is -0.326. The van der Waals surface area contributed by atoms with Gasteiger partial charge in [0.1, 0.15) is 0 Å². The topological polar surface area (TPSA) is 71.1 Å². The standard InChI is InChI=1S/C9H10BrN3O2/c1-11-8(14)5-13-9(15)6-2-7(10)4-12-3-6/h2-4H,5H2,1H3,(H,11,14)(H,13,15). The number of aromatic nitrogens is 1. The van der Waals surface area contributed by atoms with Gasteiger partial charge in [-0.2, -0.15) is 0 Å². The first-order valence-electron chi connectivity index (χ1n) is 4.23. The Kier molecular flexibility index (Phi) is 4.23. The molecule has 0 saturated heterocycles. The number of hydrogen-bond acceptors (Lipinski definition) is 3. The normalized spacial score (nSPS) is 9.47. The summed E-state index contributed by atoms with van der Waals surface area (Å²) >= 11 is 3.20. The first-order valence-corrected chi connectivity index (χ1v) is 5.02. The van der Waals surface area contributed by atoms with Crippen molar-refractivity contribution >= 4 is 27.7 Å². The minimum absolute atomic E-state index is 0.0398. The van der Waals surface area contributed by atoms with Crippen LogP contribution in [-0.2, 0) is 4.79 Å². The molecule has 2 N–H and O–H groups in total. The summed E-state index contributed by atoms with van der Waals surface area (Å²) in [5, 5.41) is 4.87. The lowest BCUT2D eigenvalue weighted by Crippen LogP contribution is -2.35. The van der Waals surface area contributed by atoms with Crippen LogP contribution in [0.2, 0.25) is 0 Å². The molecule has 1 heterocycles. The van der Waals surface area contributed by atoms with E-state index in [0.29, 0.717) is 5.56 Å². The lowest BCUT2D eigenvalue weighted by atomic mass is 10.3. The maximum absolute atomic E-state index is 11.5. The third kappa shape index (κ3) is 3.67. The second kappa shape index (κ2) is 5.45. The summed E-state index contributed by atoms with van der Waals surface area (Å²) in [6.45, 7) is -0.0398. The Morgan fingerprint density at radius 1 is 1.47 bits per heavy atom. The molecule has 5 nitrogen and oxygen atoms in total. The average Bonchev–Trinajstić information content (AvgIpc) is 2.25. The van der Waals surface area contributed by atoms with E-state index in [1.54, 1.807) is 12.3 Å². The quantitative estimate of drug-likeness (QED) is 0.832. The fourth-order valence-corrected chi connectivity index (χ4v) is 1.25. The highest BCUT2D eigenvalue weighted by Crippen LogP contribution is 2.08. The lowest BCUT2D eigenvalue weighted by molar-refractivity contribution is -0.119. The van der Waals surface area contributed by atoms with Crippen LogP contribution < -0.4 is 10.6 Å². The summed E-state index contributed by atoms with van der Waals surface area (Å²) in [4.78, 5) is 26.2. The van der Waals surface area contributed by atoms with Crippen molar-refractivity contribution in [1.82, 2.24) is 15.6 Å². The monoisotopic (exact) mass is 271 g/mol. The summed E-state index contributed by atoms with van der Waals surface area (Å²) in [5.74, 6) is -0.571. The molecule has 6 heteroatoms. The van der Waals surface area contributed by atoms with Gasteiger partial charge >= 0.3 is 0 Å². The number of amides is 2. The molecule has 0 bridgehead atoms. The summed E-state index contributed by atoms with van der Waals surface area (Å²) < 4.78 is 0.718. The Morgan fingerprint density at radius 2 is 2.20 bits per heavy atom. The van der Waals surface area contributed by atoms with Crippen LogP contribution in [0, 0.1) is 0 Å². The predicted octanol–water partition coefficient (Wildman–Crippen LogP) is 0.320. The molecule has 0 aliphatic rings. The lowest BCUT2D eigenvalue weighted by Gasteiger charge is -2.03. The molecule has 0 fully saturated rings. The van der Waals surface area contributed by atoms with E-state index in [0.717, 1.165) is 4.47 Å². The molecule has 0 aromatic carbocycles. The third-order valence-electron chi connectivity index (χ3n) is 1.66. The Labute approximate surface area is 95.4 Å².